The molecular weight excluding hydrogens is 332 g/mol. The molecule has 1 aliphatic heterocycles. The van der Waals surface area contributed by atoms with Crippen molar-refractivity contribution in [2.24, 2.45) is 0 Å². The highest BCUT2D eigenvalue weighted by atomic mass is 16.5. The van der Waals surface area contributed by atoms with E-state index >= 15 is 0 Å². The second-order valence-corrected chi connectivity index (χ2v) is 6.74. The van der Waals surface area contributed by atoms with Gasteiger partial charge in [-0.2, -0.15) is 0 Å². The molecule has 6 heteroatoms. The standard InChI is InChI=1S/C20H22N2O4/c1-25-13-6-4-5-12(9-13)15-10-16(15)21-20(24)22-17-11-26-18-8-3-2-7-14(18)19(17)23/h2-9,15-17,19,23H,10-11H2,1H3,(H2,21,22,24)/t15-,16+,17+,19+/m0/s1. The maximum atomic E-state index is 12.3. The largest absolute Gasteiger partial charge is 0.497 e. The van der Waals surface area contributed by atoms with Gasteiger partial charge in [0.15, 0.2) is 0 Å². The van der Waals surface area contributed by atoms with Crippen LogP contribution in [0.3, 0.4) is 0 Å². The molecule has 1 fully saturated rings. The molecule has 2 aromatic rings. The maximum absolute atomic E-state index is 12.3. The third kappa shape index (κ3) is 3.32. The van der Waals surface area contributed by atoms with Gasteiger partial charge in [-0.3, -0.25) is 0 Å². The van der Waals surface area contributed by atoms with E-state index in [0.29, 0.717) is 17.2 Å². The number of benzene rings is 2. The molecule has 2 amide bonds. The first-order chi connectivity index (χ1) is 12.7. The van der Waals surface area contributed by atoms with Gasteiger partial charge in [0, 0.05) is 17.5 Å². The summed E-state index contributed by atoms with van der Waals surface area (Å²) in [5.41, 5.74) is 1.86. The monoisotopic (exact) mass is 354 g/mol. The summed E-state index contributed by atoms with van der Waals surface area (Å²) in [4.78, 5) is 12.3. The van der Waals surface area contributed by atoms with Gasteiger partial charge in [0.1, 0.15) is 24.2 Å². The third-order valence-corrected chi connectivity index (χ3v) is 4.98. The van der Waals surface area contributed by atoms with E-state index in [4.69, 9.17) is 9.47 Å². The summed E-state index contributed by atoms with van der Waals surface area (Å²) in [7, 11) is 1.64. The zero-order chi connectivity index (χ0) is 18.1. The van der Waals surface area contributed by atoms with Crippen LogP contribution in [-0.2, 0) is 0 Å². The van der Waals surface area contributed by atoms with Crippen LogP contribution in [0.25, 0.3) is 0 Å². The first-order valence-corrected chi connectivity index (χ1v) is 8.76. The molecule has 0 unspecified atom stereocenters. The number of amides is 2. The minimum atomic E-state index is -0.779. The first-order valence-electron chi connectivity index (χ1n) is 8.76. The molecule has 0 bridgehead atoms. The summed E-state index contributed by atoms with van der Waals surface area (Å²) in [5.74, 6) is 1.78. The second-order valence-electron chi connectivity index (χ2n) is 6.74. The van der Waals surface area contributed by atoms with Gasteiger partial charge in [-0.15, -0.1) is 0 Å². The van der Waals surface area contributed by atoms with Crippen molar-refractivity contribution in [3.63, 3.8) is 0 Å². The predicted octanol–water partition coefficient (Wildman–Crippen LogP) is 2.34. The Labute approximate surface area is 152 Å². The number of para-hydroxylation sites is 1. The van der Waals surface area contributed by atoms with Crippen molar-refractivity contribution >= 4 is 6.03 Å². The van der Waals surface area contributed by atoms with Crippen molar-refractivity contribution < 1.29 is 19.4 Å². The number of nitrogens with one attached hydrogen (secondary N) is 2. The number of aliphatic hydroxyl groups excluding tert-OH is 1. The molecule has 0 radical (unpaired) electrons. The Kier molecular flexibility index (Phi) is 4.42. The van der Waals surface area contributed by atoms with E-state index in [1.54, 1.807) is 7.11 Å². The van der Waals surface area contributed by atoms with Crippen LogP contribution in [0.15, 0.2) is 48.5 Å². The van der Waals surface area contributed by atoms with Gasteiger partial charge < -0.3 is 25.2 Å². The van der Waals surface area contributed by atoms with E-state index in [0.717, 1.165) is 17.7 Å². The van der Waals surface area contributed by atoms with Gasteiger partial charge >= 0.3 is 6.03 Å². The van der Waals surface area contributed by atoms with Crippen molar-refractivity contribution in [2.45, 2.75) is 30.5 Å². The maximum Gasteiger partial charge on any atom is 0.315 e. The van der Waals surface area contributed by atoms with Crippen LogP contribution < -0.4 is 20.1 Å². The number of ether oxygens (including phenoxy) is 2. The molecule has 3 N–H and O–H groups in total. The molecule has 2 aliphatic rings. The summed E-state index contributed by atoms with van der Waals surface area (Å²) in [6, 6.07) is 14.6. The highest BCUT2D eigenvalue weighted by molar-refractivity contribution is 5.75. The van der Waals surface area contributed by atoms with Crippen molar-refractivity contribution in [3.05, 3.63) is 59.7 Å². The molecule has 0 spiro atoms. The summed E-state index contributed by atoms with van der Waals surface area (Å²) >= 11 is 0. The van der Waals surface area contributed by atoms with Crippen LogP contribution in [0.2, 0.25) is 0 Å². The zero-order valence-corrected chi connectivity index (χ0v) is 14.5. The Morgan fingerprint density at radius 2 is 1.96 bits per heavy atom. The van der Waals surface area contributed by atoms with E-state index in [-0.39, 0.29) is 18.7 Å². The van der Waals surface area contributed by atoms with Crippen molar-refractivity contribution in [1.82, 2.24) is 10.6 Å². The molecule has 4 atom stereocenters. The molecule has 1 saturated carbocycles. The van der Waals surface area contributed by atoms with E-state index in [9.17, 15) is 9.90 Å². The fraction of sp³-hybridized carbons (Fsp3) is 0.350. The van der Waals surface area contributed by atoms with Crippen LogP contribution in [0.4, 0.5) is 4.79 Å². The van der Waals surface area contributed by atoms with Crippen LogP contribution in [0.5, 0.6) is 11.5 Å². The Bertz CT molecular complexity index is 810. The molecule has 0 aromatic heterocycles. The molecule has 0 saturated heterocycles. The van der Waals surface area contributed by atoms with Gasteiger partial charge in [-0.05, 0) is 30.2 Å². The lowest BCUT2D eigenvalue weighted by Gasteiger charge is -2.30. The normalized spacial score (nSPS) is 26.2. The Hall–Kier alpha value is -2.73. The molecule has 6 nitrogen and oxygen atoms in total. The first kappa shape index (κ1) is 16.7. The van der Waals surface area contributed by atoms with Gasteiger partial charge in [0.2, 0.25) is 0 Å². The lowest BCUT2D eigenvalue weighted by atomic mass is 9.99. The molecule has 136 valence electrons. The van der Waals surface area contributed by atoms with Gasteiger partial charge in [-0.1, -0.05) is 30.3 Å². The van der Waals surface area contributed by atoms with Gasteiger partial charge in [0.25, 0.3) is 0 Å². The quantitative estimate of drug-likeness (QED) is 0.787. The number of methoxy groups -OCH3 is 1. The van der Waals surface area contributed by atoms with E-state index in [2.05, 4.69) is 10.6 Å². The van der Waals surface area contributed by atoms with Gasteiger partial charge in [0.05, 0.1) is 13.2 Å². The van der Waals surface area contributed by atoms with Crippen molar-refractivity contribution in [3.8, 4) is 11.5 Å². The Morgan fingerprint density at radius 1 is 1.15 bits per heavy atom. The molecule has 1 heterocycles. The molecule has 2 aromatic carbocycles. The fourth-order valence-corrected chi connectivity index (χ4v) is 3.44. The predicted molar refractivity (Wildman–Crippen MR) is 96.5 cm³/mol. The number of carbonyl (C=O) groups is 1. The lowest BCUT2D eigenvalue weighted by Crippen LogP contribution is -2.49. The molecular formula is C20H22N2O4. The topological polar surface area (TPSA) is 79.8 Å². The van der Waals surface area contributed by atoms with Crippen LogP contribution >= 0.6 is 0 Å². The zero-order valence-electron chi connectivity index (χ0n) is 14.5. The van der Waals surface area contributed by atoms with E-state index in [1.807, 2.05) is 48.5 Å². The van der Waals surface area contributed by atoms with Crippen LogP contribution in [0, 0.1) is 0 Å². The SMILES string of the molecule is COc1cccc([C@@H]2C[C@H]2NC(=O)N[C@@H]2COc3ccccc3[C@H]2O)c1. The lowest BCUT2D eigenvalue weighted by molar-refractivity contribution is 0.0774. The second kappa shape index (κ2) is 6.88. The summed E-state index contributed by atoms with van der Waals surface area (Å²) in [5, 5.41) is 16.3. The minimum absolute atomic E-state index is 0.0936. The average Bonchev–Trinajstić information content (AvgIpc) is 3.43. The van der Waals surface area contributed by atoms with Gasteiger partial charge in [-0.25, -0.2) is 4.79 Å². The summed E-state index contributed by atoms with van der Waals surface area (Å²) in [6.45, 7) is 0.246. The minimum Gasteiger partial charge on any atom is -0.497 e. The number of aliphatic hydroxyl groups is 1. The Balaban J connectivity index is 1.33. The smallest absolute Gasteiger partial charge is 0.315 e. The fourth-order valence-electron chi connectivity index (χ4n) is 3.44. The third-order valence-electron chi connectivity index (χ3n) is 4.98. The molecule has 26 heavy (non-hydrogen) atoms. The average molecular weight is 354 g/mol. The number of hydrogen-bond donors (Lipinski definition) is 3. The number of hydrogen-bond acceptors (Lipinski definition) is 4. The molecule has 1 aliphatic carbocycles. The van der Waals surface area contributed by atoms with E-state index in [1.165, 1.54) is 0 Å². The number of carbonyl (C=O) groups excluding carboxylic acids is 1. The Morgan fingerprint density at radius 3 is 2.81 bits per heavy atom. The van der Waals surface area contributed by atoms with Crippen molar-refractivity contribution in [2.75, 3.05) is 13.7 Å². The number of urea groups is 1. The summed E-state index contributed by atoms with van der Waals surface area (Å²) in [6.07, 6.45) is 0.117. The molecule has 4 rings (SSSR count). The van der Waals surface area contributed by atoms with E-state index < -0.39 is 12.1 Å². The highest BCUT2D eigenvalue weighted by Crippen LogP contribution is 2.41. The highest BCUT2D eigenvalue weighted by Gasteiger charge is 2.40. The van der Waals surface area contributed by atoms with Crippen LogP contribution in [0.1, 0.15) is 29.6 Å². The number of fused-ring (bicyclic) bond motifs is 1. The summed E-state index contributed by atoms with van der Waals surface area (Å²) < 4.78 is 10.9. The number of rotatable bonds is 4. The van der Waals surface area contributed by atoms with Crippen LogP contribution in [-0.4, -0.2) is 36.9 Å². The van der Waals surface area contributed by atoms with Crippen molar-refractivity contribution in [1.29, 1.82) is 0 Å².